The van der Waals surface area contributed by atoms with Gasteiger partial charge in [0, 0.05) is 12.1 Å². The molecular formula is C14H19Cl2N3OS. The SMILES string of the molecule is CC(CN)CNC(=O)c1cnc(-c2ccccc2)s1.Cl.Cl. The van der Waals surface area contributed by atoms with Crippen LogP contribution >= 0.6 is 36.2 Å². The minimum atomic E-state index is -0.0834. The maximum absolute atomic E-state index is 11.9. The van der Waals surface area contributed by atoms with Crippen molar-refractivity contribution >= 4 is 42.1 Å². The van der Waals surface area contributed by atoms with E-state index in [9.17, 15) is 4.79 Å². The lowest BCUT2D eigenvalue weighted by molar-refractivity contribution is 0.0952. The van der Waals surface area contributed by atoms with Crippen LogP contribution in [-0.4, -0.2) is 24.0 Å². The molecule has 0 aliphatic rings. The molecule has 1 atom stereocenters. The third-order valence-corrected chi connectivity index (χ3v) is 3.81. The Morgan fingerprint density at radius 2 is 2.00 bits per heavy atom. The van der Waals surface area contributed by atoms with Crippen molar-refractivity contribution in [2.24, 2.45) is 11.7 Å². The molecule has 7 heteroatoms. The largest absolute Gasteiger partial charge is 0.351 e. The lowest BCUT2D eigenvalue weighted by Gasteiger charge is -2.08. The van der Waals surface area contributed by atoms with E-state index in [0.29, 0.717) is 18.0 Å². The fourth-order valence-corrected chi connectivity index (χ4v) is 2.37. The number of hydrogen-bond acceptors (Lipinski definition) is 4. The molecule has 0 radical (unpaired) electrons. The van der Waals surface area contributed by atoms with Crippen LogP contribution in [0, 0.1) is 5.92 Å². The minimum absolute atomic E-state index is 0. The van der Waals surface area contributed by atoms with Gasteiger partial charge in [-0.15, -0.1) is 36.2 Å². The third kappa shape index (κ3) is 5.63. The first-order valence-corrected chi connectivity index (χ1v) is 7.02. The maximum Gasteiger partial charge on any atom is 0.263 e. The number of benzene rings is 1. The van der Waals surface area contributed by atoms with Crippen molar-refractivity contribution in [1.82, 2.24) is 10.3 Å². The Kier molecular flexibility index (Phi) is 9.21. The number of amides is 1. The van der Waals surface area contributed by atoms with E-state index in [1.807, 2.05) is 37.3 Å². The quantitative estimate of drug-likeness (QED) is 0.873. The number of aromatic nitrogens is 1. The summed E-state index contributed by atoms with van der Waals surface area (Å²) < 4.78 is 0. The Labute approximate surface area is 141 Å². The first kappa shape index (κ1) is 19.9. The van der Waals surface area contributed by atoms with Crippen LogP contribution < -0.4 is 11.1 Å². The summed E-state index contributed by atoms with van der Waals surface area (Å²) in [5, 5.41) is 3.72. The van der Waals surface area contributed by atoms with Crippen molar-refractivity contribution in [2.75, 3.05) is 13.1 Å². The summed E-state index contributed by atoms with van der Waals surface area (Å²) >= 11 is 1.40. The van der Waals surface area contributed by atoms with Crippen molar-refractivity contribution in [3.8, 4) is 10.6 Å². The van der Waals surface area contributed by atoms with Gasteiger partial charge in [-0.1, -0.05) is 37.3 Å². The lowest BCUT2D eigenvalue weighted by Crippen LogP contribution is -2.30. The highest BCUT2D eigenvalue weighted by molar-refractivity contribution is 7.16. The number of nitrogens with one attached hydrogen (secondary N) is 1. The molecule has 0 saturated carbocycles. The Morgan fingerprint density at radius 1 is 1.33 bits per heavy atom. The van der Waals surface area contributed by atoms with Gasteiger partial charge in [-0.2, -0.15) is 0 Å². The van der Waals surface area contributed by atoms with Crippen LogP contribution in [0.1, 0.15) is 16.6 Å². The molecule has 0 aliphatic carbocycles. The second kappa shape index (κ2) is 9.73. The first-order valence-electron chi connectivity index (χ1n) is 6.20. The van der Waals surface area contributed by atoms with E-state index in [1.165, 1.54) is 11.3 Å². The molecule has 1 aromatic carbocycles. The monoisotopic (exact) mass is 347 g/mol. The van der Waals surface area contributed by atoms with Crippen molar-refractivity contribution in [3.63, 3.8) is 0 Å². The van der Waals surface area contributed by atoms with Crippen molar-refractivity contribution < 1.29 is 4.79 Å². The normalized spacial score (nSPS) is 11.0. The van der Waals surface area contributed by atoms with Crippen LogP contribution in [0.15, 0.2) is 36.5 Å². The van der Waals surface area contributed by atoms with Gasteiger partial charge >= 0.3 is 0 Å². The fraction of sp³-hybridized carbons (Fsp3) is 0.286. The minimum Gasteiger partial charge on any atom is -0.351 e. The number of halogens is 2. The predicted molar refractivity (Wildman–Crippen MR) is 92.6 cm³/mol. The predicted octanol–water partition coefficient (Wildman–Crippen LogP) is 2.98. The second-order valence-corrected chi connectivity index (χ2v) is 5.48. The summed E-state index contributed by atoms with van der Waals surface area (Å²) in [6, 6.07) is 9.84. The van der Waals surface area contributed by atoms with E-state index in [4.69, 9.17) is 5.73 Å². The Morgan fingerprint density at radius 3 is 2.62 bits per heavy atom. The molecule has 0 fully saturated rings. The molecule has 1 unspecified atom stereocenters. The van der Waals surface area contributed by atoms with Crippen molar-refractivity contribution in [1.29, 1.82) is 0 Å². The van der Waals surface area contributed by atoms with E-state index in [2.05, 4.69) is 10.3 Å². The number of hydrogen-bond donors (Lipinski definition) is 2. The summed E-state index contributed by atoms with van der Waals surface area (Å²) in [4.78, 5) is 16.8. The number of carbonyl (C=O) groups is 1. The van der Waals surface area contributed by atoms with Crippen LogP contribution in [0.2, 0.25) is 0 Å². The summed E-state index contributed by atoms with van der Waals surface area (Å²) in [7, 11) is 0. The average molecular weight is 348 g/mol. The van der Waals surface area contributed by atoms with Crippen LogP contribution in [0.3, 0.4) is 0 Å². The molecule has 0 saturated heterocycles. The molecule has 116 valence electrons. The van der Waals surface area contributed by atoms with E-state index in [-0.39, 0.29) is 36.6 Å². The molecule has 2 aromatic rings. The molecule has 0 bridgehead atoms. The smallest absolute Gasteiger partial charge is 0.263 e. The second-order valence-electron chi connectivity index (χ2n) is 4.45. The average Bonchev–Trinajstić information content (AvgIpc) is 2.95. The Balaban J connectivity index is 0.00000200. The van der Waals surface area contributed by atoms with Crippen molar-refractivity contribution in [3.05, 3.63) is 41.4 Å². The summed E-state index contributed by atoms with van der Waals surface area (Å²) in [5.74, 6) is 0.199. The number of rotatable bonds is 5. The molecule has 21 heavy (non-hydrogen) atoms. The molecule has 1 amide bonds. The van der Waals surface area contributed by atoms with Gasteiger partial charge in [0.2, 0.25) is 0 Å². The Hall–Kier alpha value is -1.14. The zero-order chi connectivity index (χ0) is 13.7. The number of nitrogens with zero attached hydrogens (tertiary/aromatic N) is 1. The molecule has 2 rings (SSSR count). The van der Waals surface area contributed by atoms with Crippen molar-refractivity contribution in [2.45, 2.75) is 6.92 Å². The number of thiazole rings is 1. The zero-order valence-electron chi connectivity index (χ0n) is 11.6. The topological polar surface area (TPSA) is 68.0 Å². The summed E-state index contributed by atoms with van der Waals surface area (Å²) in [6.45, 7) is 3.16. The molecule has 1 aromatic heterocycles. The molecule has 1 heterocycles. The highest BCUT2D eigenvalue weighted by atomic mass is 35.5. The van der Waals surface area contributed by atoms with Crippen LogP contribution in [0.25, 0.3) is 10.6 Å². The van der Waals surface area contributed by atoms with E-state index < -0.39 is 0 Å². The standard InChI is InChI=1S/C14H17N3OS.2ClH/c1-10(7-15)8-16-13(18)12-9-17-14(19-12)11-5-3-2-4-6-11;;/h2-6,9-10H,7-8,15H2,1H3,(H,16,18);2*1H. The molecule has 0 spiro atoms. The van der Waals surface area contributed by atoms with Gasteiger partial charge in [-0.05, 0) is 12.5 Å². The van der Waals surface area contributed by atoms with E-state index in [0.717, 1.165) is 10.6 Å². The van der Waals surface area contributed by atoms with Gasteiger partial charge in [0.15, 0.2) is 0 Å². The fourth-order valence-electron chi connectivity index (χ4n) is 1.53. The van der Waals surface area contributed by atoms with Gasteiger partial charge < -0.3 is 11.1 Å². The molecule has 4 nitrogen and oxygen atoms in total. The Bertz CT molecular complexity index is 548. The molecule has 3 N–H and O–H groups in total. The van der Waals surface area contributed by atoms with Crippen LogP contribution in [0.4, 0.5) is 0 Å². The first-order chi connectivity index (χ1) is 9.20. The van der Waals surface area contributed by atoms with Gasteiger partial charge in [0.25, 0.3) is 5.91 Å². The van der Waals surface area contributed by atoms with E-state index in [1.54, 1.807) is 6.20 Å². The summed E-state index contributed by atoms with van der Waals surface area (Å²) in [5.41, 5.74) is 6.55. The lowest BCUT2D eigenvalue weighted by atomic mass is 10.2. The highest BCUT2D eigenvalue weighted by Crippen LogP contribution is 2.24. The van der Waals surface area contributed by atoms with Crippen LogP contribution in [-0.2, 0) is 0 Å². The molecule has 0 aliphatic heterocycles. The van der Waals surface area contributed by atoms with Crippen LogP contribution in [0.5, 0.6) is 0 Å². The number of carbonyl (C=O) groups excluding carboxylic acids is 1. The molecular weight excluding hydrogens is 329 g/mol. The van der Waals surface area contributed by atoms with Gasteiger partial charge in [-0.3, -0.25) is 4.79 Å². The zero-order valence-corrected chi connectivity index (χ0v) is 14.1. The van der Waals surface area contributed by atoms with Gasteiger partial charge in [0.1, 0.15) is 9.88 Å². The maximum atomic E-state index is 11.9. The van der Waals surface area contributed by atoms with Gasteiger partial charge in [-0.25, -0.2) is 4.98 Å². The highest BCUT2D eigenvalue weighted by Gasteiger charge is 2.12. The summed E-state index contributed by atoms with van der Waals surface area (Å²) in [6.07, 6.45) is 1.62. The number of nitrogens with two attached hydrogens (primary N) is 1. The third-order valence-electron chi connectivity index (χ3n) is 2.76. The van der Waals surface area contributed by atoms with Gasteiger partial charge in [0.05, 0.1) is 6.20 Å². The van der Waals surface area contributed by atoms with E-state index >= 15 is 0 Å².